The third kappa shape index (κ3) is 3.09. The Morgan fingerprint density at radius 3 is 2.41 bits per heavy atom. The lowest BCUT2D eigenvalue weighted by Gasteiger charge is -2.49. The molecule has 2 fully saturated rings. The van der Waals surface area contributed by atoms with E-state index in [9.17, 15) is 9.18 Å². The first-order valence-electron chi connectivity index (χ1n) is 6.23. The number of nitrogens with zero attached hydrogens (tertiary/aromatic N) is 1. The van der Waals surface area contributed by atoms with Crippen LogP contribution in [0.15, 0.2) is 0 Å². The quantitative estimate of drug-likeness (QED) is 0.803. The van der Waals surface area contributed by atoms with Crippen LogP contribution in [0.25, 0.3) is 0 Å². The Hall–Kier alpha value is -0.840. The van der Waals surface area contributed by atoms with Crippen LogP contribution in [0.1, 0.15) is 33.6 Å². The van der Waals surface area contributed by atoms with Crippen LogP contribution in [0, 0.1) is 0 Å². The topological polar surface area (TPSA) is 41.6 Å². The average Bonchev–Trinajstić information content (AvgIpc) is 2.09. The Morgan fingerprint density at radius 1 is 1.35 bits per heavy atom. The van der Waals surface area contributed by atoms with Gasteiger partial charge in [-0.1, -0.05) is 0 Å². The van der Waals surface area contributed by atoms with Gasteiger partial charge in [-0.3, -0.25) is 4.90 Å². The number of alkyl halides is 1. The molecule has 1 amide bonds. The summed E-state index contributed by atoms with van der Waals surface area (Å²) in [6, 6.07) is 0.198. The van der Waals surface area contributed by atoms with Crippen molar-refractivity contribution >= 4 is 6.09 Å². The molecule has 2 aliphatic rings. The maximum atomic E-state index is 13.1. The highest BCUT2D eigenvalue weighted by molar-refractivity contribution is 5.68. The van der Waals surface area contributed by atoms with Gasteiger partial charge in [0.2, 0.25) is 0 Å². The lowest BCUT2D eigenvalue weighted by molar-refractivity contribution is -0.0233. The van der Waals surface area contributed by atoms with Gasteiger partial charge < -0.3 is 10.1 Å². The molecule has 0 aromatic rings. The van der Waals surface area contributed by atoms with Gasteiger partial charge in [0.15, 0.2) is 0 Å². The second-order valence-corrected chi connectivity index (χ2v) is 5.96. The zero-order valence-corrected chi connectivity index (χ0v) is 10.7. The number of carbonyl (C=O) groups is 1. The van der Waals surface area contributed by atoms with Crippen molar-refractivity contribution in [1.29, 1.82) is 0 Å². The molecule has 1 aliphatic heterocycles. The van der Waals surface area contributed by atoms with E-state index in [1.54, 1.807) is 0 Å². The summed E-state index contributed by atoms with van der Waals surface area (Å²) < 4.78 is 18.3. The van der Waals surface area contributed by atoms with Crippen molar-refractivity contribution in [3.8, 4) is 0 Å². The smallest absolute Gasteiger partial charge is 0.407 e. The van der Waals surface area contributed by atoms with Crippen molar-refractivity contribution in [2.45, 2.75) is 57.5 Å². The molecule has 0 spiro atoms. The van der Waals surface area contributed by atoms with E-state index < -0.39 is 11.8 Å². The largest absolute Gasteiger partial charge is 0.444 e. The molecule has 0 aromatic carbocycles. The normalized spacial score (nSPS) is 30.4. The van der Waals surface area contributed by atoms with Crippen molar-refractivity contribution in [3.05, 3.63) is 0 Å². The first-order valence-corrected chi connectivity index (χ1v) is 6.23. The first-order chi connectivity index (χ1) is 7.85. The molecule has 17 heavy (non-hydrogen) atoms. The van der Waals surface area contributed by atoms with Crippen LogP contribution in [-0.4, -0.2) is 47.9 Å². The number of hydrogen-bond donors (Lipinski definition) is 1. The third-order valence-corrected chi connectivity index (χ3v) is 3.26. The number of amides is 1. The molecule has 1 N–H and O–H groups in total. The zero-order valence-electron chi connectivity index (χ0n) is 10.7. The van der Waals surface area contributed by atoms with Gasteiger partial charge >= 0.3 is 6.09 Å². The molecule has 4 nitrogen and oxygen atoms in total. The molecule has 2 rings (SSSR count). The number of likely N-dealkylation sites (tertiary alicyclic amines) is 1. The minimum Gasteiger partial charge on any atom is -0.444 e. The molecule has 0 aromatic heterocycles. The van der Waals surface area contributed by atoms with Crippen molar-refractivity contribution in [1.82, 2.24) is 10.2 Å². The minimum atomic E-state index is -0.669. The van der Waals surface area contributed by atoms with E-state index in [-0.39, 0.29) is 18.2 Å². The van der Waals surface area contributed by atoms with Crippen LogP contribution in [0.2, 0.25) is 0 Å². The number of ether oxygens (including phenoxy) is 1. The van der Waals surface area contributed by atoms with Gasteiger partial charge in [0, 0.05) is 19.1 Å². The molecule has 5 heteroatoms. The van der Waals surface area contributed by atoms with Gasteiger partial charge in [-0.05, 0) is 33.6 Å². The molecule has 1 saturated heterocycles. The molecule has 1 aliphatic carbocycles. The molecule has 1 saturated carbocycles. The van der Waals surface area contributed by atoms with Gasteiger partial charge in [-0.25, -0.2) is 9.18 Å². The van der Waals surface area contributed by atoms with Gasteiger partial charge in [0.1, 0.15) is 11.8 Å². The summed E-state index contributed by atoms with van der Waals surface area (Å²) in [6.07, 6.45) is 0.580. The van der Waals surface area contributed by atoms with E-state index in [1.165, 1.54) is 0 Å². The van der Waals surface area contributed by atoms with E-state index in [2.05, 4.69) is 10.2 Å². The van der Waals surface area contributed by atoms with Crippen molar-refractivity contribution in [2.75, 3.05) is 13.1 Å². The fourth-order valence-electron chi connectivity index (χ4n) is 2.20. The summed E-state index contributed by atoms with van der Waals surface area (Å²) in [5.41, 5.74) is -0.467. The summed E-state index contributed by atoms with van der Waals surface area (Å²) in [5.74, 6) is 0. The van der Waals surface area contributed by atoms with Crippen LogP contribution >= 0.6 is 0 Å². The van der Waals surface area contributed by atoms with Gasteiger partial charge in [0.25, 0.3) is 0 Å². The molecular weight excluding hydrogens is 223 g/mol. The van der Waals surface area contributed by atoms with Crippen molar-refractivity contribution < 1.29 is 13.9 Å². The van der Waals surface area contributed by atoms with Crippen LogP contribution in [0.3, 0.4) is 0 Å². The Kier molecular flexibility index (Phi) is 3.30. The van der Waals surface area contributed by atoms with E-state index in [0.29, 0.717) is 6.42 Å². The van der Waals surface area contributed by atoms with E-state index in [4.69, 9.17) is 4.74 Å². The Bertz CT molecular complexity index is 297. The highest BCUT2D eigenvalue weighted by Crippen LogP contribution is 2.31. The van der Waals surface area contributed by atoms with E-state index in [0.717, 1.165) is 19.5 Å². The highest BCUT2D eigenvalue weighted by Gasteiger charge is 2.42. The number of alkyl carbamates (subject to hydrolysis) is 1. The van der Waals surface area contributed by atoms with Gasteiger partial charge in [-0.2, -0.15) is 0 Å². The van der Waals surface area contributed by atoms with Crippen molar-refractivity contribution in [2.24, 2.45) is 0 Å². The van der Waals surface area contributed by atoms with Gasteiger partial charge in [-0.15, -0.1) is 0 Å². The fourth-order valence-corrected chi connectivity index (χ4v) is 2.20. The zero-order chi connectivity index (χ0) is 12.6. The molecule has 1 heterocycles. The lowest BCUT2D eigenvalue weighted by atomic mass is 9.86. The van der Waals surface area contributed by atoms with Crippen LogP contribution in [0.4, 0.5) is 9.18 Å². The number of carbonyl (C=O) groups excluding carboxylic acids is 1. The third-order valence-electron chi connectivity index (χ3n) is 3.26. The lowest BCUT2D eigenvalue weighted by Crippen LogP contribution is -2.66. The number of nitrogens with one attached hydrogen (secondary N) is 1. The minimum absolute atomic E-state index is 0.0895. The Balaban J connectivity index is 1.65. The summed E-state index contributed by atoms with van der Waals surface area (Å²) >= 11 is 0. The predicted octanol–water partition coefficient (Wildman–Crippen LogP) is 1.70. The highest BCUT2D eigenvalue weighted by atomic mass is 19.1. The van der Waals surface area contributed by atoms with Crippen LogP contribution in [0.5, 0.6) is 0 Å². The Morgan fingerprint density at radius 2 is 2.00 bits per heavy atom. The Labute approximate surface area is 101 Å². The maximum absolute atomic E-state index is 13.1. The summed E-state index contributed by atoms with van der Waals surface area (Å²) in [7, 11) is 0. The summed E-state index contributed by atoms with van der Waals surface area (Å²) in [5, 5.41) is 2.80. The molecule has 0 bridgehead atoms. The van der Waals surface area contributed by atoms with Crippen LogP contribution < -0.4 is 5.32 Å². The second kappa shape index (κ2) is 4.44. The number of halogens is 1. The summed E-state index contributed by atoms with van der Waals surface area (Å²) in [6.45, 7) is 6.99. The molecule has 98 valence electrons. The van der Waals surface area contributed by atoms with E-state index >= 15 is 0 Å². The molecule has 2 atom stereocenters. The molecule has 2 unspecified atom stereocenters. The van der Waals surface area contributed by atoms with Crippen LogP contribution in [-0.2, 0) is 4.74 Å². The maximum Gasteiger partial charge on any atom is 0.407 e. The second-order valence-electron chi connectivity index (χ2n) is 5.96. The predicted molar refractivity (Wildman–Crippen MR) is 62.6 cm³/mol. The van der Waals surface area contributed by atoms with Crippen molar-refractivity contribution in [3.63, 3.8) is 0 Å². The number of hydrogen-bond acceptors (Lipinski definition) is 3. The molecular formula is C12H21FN2O2. The standard InChI is InChI=1S/C12H21FN2O2/c1-12(2,3)17-11(16)14-8-6-15(7-8)10-5-4-9(10)13/h8-10H,4-7H2,1-3H3,(H,14,16). The SMILES string of the molecule is CC(C)(C)OC(=O)NC1CN(C2CCC2F)C1. The fraction of sp³-hybridized carbons (Fsp3) is 0.917. The molecule has 0 radical (unpaired) electrons. The monoisotopic (exact) mass is 244 g/mol. The average molecular weight is 244 g/mol. The number of rotatable bonds is 2. The van der Waals surface area contributed by atoms with Gasteiger partial charge in [0.05, 0.1) is 6.04 Å². The summed E-state index contributed by atoms with van der Waals surface area (Å²) in [4.78, 5) is 13.6. The van der Waals surface area contributed by atoms with E-state index in [1.807, 2.05) is 20.8 Å². The first kappa shape index (κ1) is 12.6.